The first-order valence-corrected chi connectivity index (χ1v) is 5.97. The largest absolute Gasteiger partial charge is 0.398 e. The van der Waals surface area contributed by atoms with E-state index in [1.54, 1.807) is 6.07 Å². The molecular formula is C12H11ClN2O3. The Kier molecular flexibility index (Phi) is 3.34. The second kappa shape index (κ2) is 4.78. The van der Waals surface area contributed by atoms with Crippen LogP contribution in [0.1, 0.15) is 33.6 Å². The van der Waals surface area contributed by atoms with Gasteiger partial charge in [-0.1, -0.05) is 6.07 Å². The molecule has 1 aliphatic heterocycles. The lowest BCUT2D eigenvalue weighted by Crippen LogP contribution is -2.36. The number of nitrogens with two attached hydrogens (primary N) is 1. The van der Waals surface area contributed by atoms with Crippen LogP contribution in [-0.2, 0) is 4.79 Å². The SMILES string of the molecule is Nc1cccc2c1C(=O)N(C(=O)CCCCl)C2=O. The van der Waals surface area contributed by atoms with Crippen molar-refractivity contribution in [3.05, 3.63) is 29.3 Å². The summed E-state index contributed by atoms with van der Waals surface area (Å²) in [4.78, 5) is 36.4. The summed E-state index contributed by atoms with van der Waals surface area (Å²) in [5.74, 6) is -1.49. The molecule has 2 rings (SSSR count). The zero-order chi connectivity index (χ0) is 13.3. The Balaban J connectivity index is 2.34. The Morgan fingerprint density at radius 2 is 2.00 bits per heavy atom. The number of fused-ring (bicyclic) bond motifs is 1. The third-order valence-electron chi connectivity index (χ3n) is 2.72. The third kappa shape index (κ3) is 1.86. The van der Waals surface area contributed by atoms with Crippen molar-refractivity contribution in [1.82, 2.24) is 4.90 Å². The van der Waals surface area contributed by atoms with E-state index in [0.717, 1.165) is 0 Å². The molecule has 5 nitrogen and oxygen atoms in total. The van der Waals surface area contributed by atoms with Crippen LogP contribution in [0.2, 0.25) is 0 Å². The number of rotatable bonds is 3. The van der Waals surface area contributed by atoms with E-state index in [1.807, 2.05) is 0 Å². The molecule has 0 atom stereocenters. The molecule has 0 unspecified atom stereocenters. The van der Waals surface area contributed by atoms with Crippen LogP contribution >= 0.6 is 11.6 Å². The first-order chi connectivity index (χ1) is 8.57. The summed E-state index contributed by atoms with van der Waals surface area (Å²) in [6.45, 7) is 0. The van der Waals surface area contributed by atoms with Gasteiger partial charge in [-0.05, 0) is 18.6 Å². The minimum atomic E-state index is -0.646. The Morgan fingerprint density at radius 1 is 1.28 bits per heavy atom. The molecule has 94 valence electrons. The number of anilines is 1. The predicted octanol–water partition coefficient (Wildman–Crippen LogP) is 1.41. The normalized spacial score (nSPS) is 13.9. The number of halogens is 1. The van der Waals surface area contributed by atoms with Crippen LogP contribution in [0.3, 0.4) is 0 Å². The molecular weight excluding hydrogens is 256 g/mol. The molecule has 0 radical (unpaired) electrons. The Bertz CT molecular complexity index is 542. The molecule has 1 heterocycles. The lowest BCUT2D eigenvalue weighted by Gasteiger charge is -2.10. The number of amides is 3. The topological polar surface area (TPSA) is 80.5 Å². The highest BCUT2D eigenvalue weighted by atomic mass is 35.5. The van der Waals surface area contributed by atoms with Crippen molar-refractivity contribution >= 4 is 35.0 Å². The van der Waals surface area contributed by atoms with Gasteiger partial charge in [-0.3, -0.25) is 14.4 Å². The molecule has 1 aliphatic rings. The van der Waals surface area contributed by atoms with Gasteiger partial charge in [-0.25, -0.2) is 4.90 Å². The molecule has 6 heteroatoms. The van der Waals surface area contributed by atoms with Gasteiger partial charge in [0.2, 0.25) is 5.91 Å². The molecule has 0 bridgehead atoms. The number of imide groups is 3. The summed E-state index contributed by atoms with van der Waals surface area (Å²) < 4.78 is 0. The van der Waals surface area contributed by atoms with Crippen molar-refractivity contribution in [1.29, 1.82) is 0 Å². The molecule has 0 spiro atoms. The van der Waals surface area contributed by atoms with Crippen LogP contribution in [0.4, 0.5) is 5.69 Å². The van der Waals surface area contributed by atoms with Gasteiger partial charge < -0.3 is 5.73 Å². The number of carbonyl (C=O) groups is 3. The number of nitrogen functional groups attached to an aromatic ring is 1. The van der Waals surface area contributed by atoms with Crippen molar-refractivity contribution in [3.63, 3.8) is 0 Å². The molecule has 1 aromatic rings. The number of nitrogens with zero attached hydrogens (tertiary/aromatic N) is 1. The average Bonchev–Trinajstić information content (AvgIpc) is 2.60. The summed E-state index contributed by atoms with van der Waals surface area (Å²) in [6.07, 6.45) is 0.484. The molecule has 2 N–H and O–H groups in total. The van der Waals surface area contributed by atoms with Gasteiger partial charge in [0, 0.05) is 18.0 Å². The van der Waals surface area contributed by atoms with Crippen LogP contribution in [0.25, 0.3) is 0 Å². The van der Waals surface area contributed by atoms with Crippen LogP contribution in [0, 0.1) is 0 Å². The zero-order valence-corrected chi connectivity index (χ0v) is 10.2. The van der Waals surface area contributed by atoms with Crippen molar-refractivity contribution in [2.45, 2.75) is 12.8 Å². The molecule has 3 amide bonds. The van der Waals surface area contributed by atoms with Gasteiger partial charge in [0.1, 0.15) is 0 Å². The maximum atomic E-state index is 12.0. The quantitative estimate of drug-likeness (QED) is 0.510. The fraction of sp³-hybridized carbons (Fsp3) is 0.250. The van der Waals surface area contributed by atoms with E-state index >= 15 is 0 Å². The van der Waals surface area contributed by atoms with Crippen molar-refractivity contribution in [2.75, 3.05) is 11.6 Å². The molecule has 0 saturated heterocycles. The number of hydrogen-bond donors (Lipinski definition) is 1. The molecule has 1 aromatic carbocycles. The molecule has 0 aliphatic carbocycles. The van der Waals surface area contributed by atoms with E-state index in [4.69, 9.17) is 17.3 Å². The smallest absolute Gasteiger partial charge is 0.270 e. The molecule has 0 aromatic heterocycles. The van der Waals surface area contributed by atoms with E-state index in [9.17, 15) is 14.4 Å². The summed E-state index contributed by atoms with van der Waals surface area (Å²) >= 11 is 5.48. The third-order valence-corrected chi connectivity index (χ3v) is 2.99. The van der Waals surface area contributed by atoms with E-state index in [-0.39, 0.29) is 23.2 Å². The van der Waals surface area contributed by atoms with Crippen LogP contribution in [0.15, 0.2) is 18.2 Å². The van der Waals surface area contributed by atoms with Gasteiger partial charge in [0.25, 0.3) is 11.8 Å². The van der Waals surface area contributed by atoms with Crippen molar-refractivity contribution in [2.24, 2.45) is 0 Å². The highest BCUT2D eigenvalue weighted by Gasteiger charge is 2.40. The fourth-order valence-corrected chi connectivity index (χ4v) is 2.00. The second-order valence-electron chi connectivity index (χ2n) is 3.90. The second-order valence-corrected chi connectivity index (χ2v) is 4.28. The van der Waals surface area contributed by atoms with Crippen LogP contribution < -0.4 is 5.73 Å². The monoisotopic (exact) mass is 266 g/mol. The van der Waals surface area contributed by atoms with Crippen molar-refractivity contribution < 1.29 is 14.4 Å². The van der Waals surface area contributed by atoms with Crippen LogP contribution in [-0.4, -0.2) is 28.5 Å². The lowest BCUT2D eigenvalue weighted by molar-refractivity contribution is -0.126. The van der Waals surface area contributed by atoms with Crippen molar-refractivity contribution in [3.8, 4) is 0 Å². The molecule has 0 saturated carbocycles. The fourth-order valence-electron chi connectivity index (χ4n) is 1.87. The number of benzene rings is 1. The van der Waals surface area contributed by atoms with Gasteiger partial charge >= 0.3 is 0 Å². The van der Waals surface area contributed by atoms with E-state index in [1.165, 1.54) is 12.1 Å². The van der Waals surface area contributed by atoms with Gasteiger partial charge in [-0.15, -0.1) is 11.6 Å². The van der Waals surface area contributed by atoms with E-state index in [0.29, 0.717) is 17.2 Å². The summed E-state index contributed by atoms with van der Waals surface area (Å²) in [7, 11) is 0. The number of hydrogen-bond acceptors (Lipinski definition) is 4. The predicted molar refractivity (Wildman–Crippen MR) is 66.3 cm³/mol. The standard InChI is InChI=1S/C12H11ClN2O3/c13-6-2-5-9(16)15-11(17)7-3-1-4-8(14)10(7)12(15)18/h1,3-4H,2,5-6,14H2. The lowest BCUT2D eigenvalue weighted by atomic mass is 10.1. The zero-order valence-electron chi connectivity index (χ0n) is 9.48. The summed E-state index contributed by atoms with van der Waals surface area (Å²) in [6, 6.07) is 4.59. The van der Waals surface area contributed by atoms with Gasteiger partial charge in [0.05, 0.1) is 11.1 Å². The first kappa shape index (κ1) is 12.6. The molecule has 0 fully saturated rings. The minimum Gasteiger partial charge on any atom is -0.398 e. The Labute approximate surface area is 109 Å². The van der Waals surface area contributed by atoms with E-state index in [2.05, 4.69) is 0 Å². The number of carbonyl (C=O) groups excluding carboxylic acids is 3. The maximum absolute atomic E-state index is 12.0. The highest BCUT2D eigenvalue weighted by Crippen LogP contribution is 2.28. The first-order valence-electron chi connectivity index (χ1n) is 5.44. The summed E-state index contributed by atoms with van der Waals surface area (Å²) in [5, 5.41) is 0. The minimum absolute atomic E-state index is 0.0644. The Morgan fingerprint density at radius 3 is 2.61 bits per heavy atom. The molecule has 18 heavy (non-hydrogen) atoms. The number of alkyl halides is 1. The van der Waals surface area contributed by atoms with Gasteiger partial charge in [-0.2, -0.15) is 0 Å². The van der Waals surface area contributed by atoms with Crippen LogP contribution in [0.5, 0.6) is 0 Å². The Hall–Kier alpha value is -1.88. The van der Waals surface area contributed by atoms with E-state index < -0.39 is 17.7 Å². The average molecular weight is 267 g/mol. The summed E-state index contributed by atoms with van der Waals surface area (Å²) in [5.41, 5.74) is 6.15. The highest BCUT2D eigenvalue weighted by molar-refractivity contribution is 6.30. The maximum Gasteiger partial charge on any atom is 0.270 e. The van der Waals surface area contributed by atoms with Gasteiger partial charge in [0.15, 0.2) is 0 Å².